The lowest BCUT2D eigenvalue weighted by Gasteiger charge is -2.14. The molecule has 90 valence electrons. The molecule has 1 unspecified atom stereocenters. The van der Waals surface area contributed by atoms with Crippen LogP contribution < -0.4 is 5.32 Å². The van der Waals surface area contributed by atoms with Crippen molar-refractivity contribution in [1.29, 1.82) is 0 Å². The third-order valence-corrected chi connectivity index (χ3v) is 3.92. The molecule has 17 heavy (non-hydrogen) atoms. The van der Waals surface area contributed by atoms with Gasteiger partial charge in [-0.05, 0) is 18.6 Å². The second-order valence-electron chi connectivity index (χ2n) is 3.68. The summed E-state index contributed by atoms with van der Waals surface area (Å²) in [5, 5.41) is 5.14. The van der Waals surface area contributed by atoms with Gasteiger partial charge in [-0.25, -0.2) is 4.98 Å². The summed E-state index contributed by atoms with van der Waals surface area (Å²) in [5.74, 6) is 0. The molecule has 0 spiro atoms. The Bertz CT molecular complexity index is 499. The highest BCUT2D eigenvalue weighted by atomic mass is 35.5. The molecule has 0 bridgehead atoms. The lowest BCUT2D eigenvalue weighted by molar-refractivity contribution is 0.573. The highest BCUT2D eigenvalue weighted by Crippen LogP contribution is 2.23. The van der Waals surface area contributed by atoms with Gasteiger partial charge in [-0.3, -0.25) is 0 Å². The molecular formula is C12H12Cl2N2S. The number of nitrogens with zero attached hydrogens (tertiary/aromatic N) is 1. The zero-order chi connectivity index (χ0) is 12.3. The number of benzene rings is 1. The summed E-state index contributed by atoms with van der Waals surface area (Å²) in [7, 11) is 0. The van der Waals surface area contributed by atoms with Gasteiger partial charge in [0.25, 0.3) is 0 Å². The molecule has 2 nitrogen and oxygen atoms in total. The Labute approximate surface area is 115 Å². The van der Waals surface area contributed by atoms with Crippen molar-refractivity contribution in [2.45, 2.75) is 19.5 Å². The van der Waals surface area contributed by atoms with Crippen LogP contribution in [0.2, 0.25) is 9.36 Å². The van der Waals surface area contributed by atoms with Crippen LogP contribution in [0.25, 0.3) is 0 Å². The first-order chi connectivity index (χ1) is 8.16. The van der Waals surface area contributed by atoms with Crippen LogP contribution in [0.1, 0.15) is 23.5 Å². The molecule has 0 aliphatic carbocycles. The summed E-state index contributed by atoms with van der Waals surface area (Å²) in [5.41, 5.74) is 1.09. The maximum Gasteiger partial charge on any atom is 0.113 e. The predicted molar refractivity (Wildman–Crippen MR) is 73.8 cm³/mol. The Morgan fingerprint density at radius 1 is 1.35 bits per heavy atom. The van der Waals surface area contributed by atoms with Crippen molar-refractivity contribution in [3.63, 3.8) is 0 Å². The Morgan fingerprint density at radius 3 is 2.76 bits per heavy atom. The molecule has 0 amide bonds. The summed E-state index contributed by atoms with van der Waals surface area (Å²) in [6.07, 6.45) is 1.67. The molecule has 0 radical (unpaired) electrons. The first-order valence-corrected chi connectivity index (χ1v) is 6.82. The van der Waals surface area contributed by atoms with Crippen molar-refractivity contribution in [3.05, 3.63) is 50.4 Å². The minimum Gasteiger partial charge on any atom is -0.304 e. The zero-order valence-electron chi connectivity index (χ0n) is 9.28. The smallest absolute Gasteiger partial charge is 0.113 e. The number of hydrogen-bond donors (Lipinski definition) is 1. The predicted octanol–water partition coefficient (Wildman–Crippen LogP) is 4.30. The summed E-state index contributed by atoms with van der Waals surface area (Å²) >= 11 is 13.4. The van der Waals surface area contributed by atoms with Gasteiger partial charge in [0, 0.05) is 17.6 Å². The molecule has 2 rings (SSSR count). The van der Waals surface area contributed by atoms with E-state index < -0.39 is 0 Å². The Kier molecular flexibility index (Phi) is 4.40. The molecule has 1 aromatic carbocycles. The van der Waals surface area contributed by atoms with E-state index in [0.717, 1.165) is 15.6 Å². The molecule has 0 aliphatic heterocycles. The minimum atomic E-state index is 0.186. The van der Waals surface area contributed by atoms with Crippen LogP contribution in [-0.4, -0.2) is 4.98 Å². The lowest BCUT2D eigenvalue weighted by atomic mass is 10.1. The molecule has 5 heteroatoms. The fourth-order valence-corrected chi connectivity index (χ4v) is 2.75. The molecule has 1 heterocycles. The van der Waals surface area contributed by atoms with E-state index in [-0.39, 0.29) is 6.04 Å². The molecule has 1 aromatic heterocycles. The summed E-state index contributed by atoms with van der Waals surface area (Å²) in [4.78, 5) is 4.19. The van der Waals surface area contributed by atoms with E-state index >= 15 is 0 Å². The fourth-order valence-electron chi connectivity index (χ4n) is 1.55. The second kappa shape index (κ2) is 5.83. The molecule has 0 saturated heterocycles. The SMILES string of the molecule is CC(NCc1ncc(Cl)s1)c1ccccc1Cl. The average molecular weight is 287 g/mol. The summed E-state index contributed by atoms with van der Waals surface area (Å²) < 4.78 is 0.715. The Morgan fingerprint density at radius 2 is 2.12 bits per heavy atom. The lowest BCUT2D eigenvalue weighted by Crippen LogP contribution is -2.18. The van der Waals surface area contributed by atoms with Gasteiger partial charge in [-0.1, -0.05) is 41.4 Å². The van der Waals surface area contributed by atoms with Gasteiger partial charge in [-0.2, -0.15) is 0 Å². The van der Waals surface area contributed by atoms with E-state index in [4.69, 9.17) is 23.2 Å². The molecule has 0 saturated carbocycles. The van der Waals surface area contributed by atoms with E-state index in [0.29, 0.717) is 10.9 Å². The van der Waals surface area contributed by atoms with Crippen LogP contribution in [0, 0.1) is 0 Å². The quantitative estimate of drug-likeness (QED) is 0.906. The second-order valence-corrected chi connectivity index (χ2v) is 5.84. The van der Waals surface area contributed by atoms with Gasteiger partial charge < -0.3 is 5.32 Å². The summed E-state index contributed by atoms with van der Waals surface area (Å²) in [6, 6.07) is 8.02. The van der Waals surface area contributed by atoms with E-state index in [1.54, 1.807) is 6.20 Å². The van der Waals surface area contributed by atoms with Gasteiger partial charge in [0.15, 0.2) is 0 Å². The van der Waals surface area contributed by atoms with Crippen molar-refractivity contribution < 1.29 is 0 Å². The minimum absolute atomic E-state index is 0.186. The first-order valence-electron chi connectivity index (χ1n) is 5.25. The molecule has 1 N–H and O–H groups in total. The van der Waals surface area contributed by atoms with Crippen molar-refractivity contribution in [1.82, 2.24) is 10.3 Å². The average Bonchev–Trinajstić information content (AvgIpc) is 2.73. The maximum absolute atomic E-state index is 6.13. The highest BCUT2D eigenvalue weighted by molar-refractivity contribution is 7.15. The van der Waals surface area contributed by atoms with Gasteiger partial charge >= 0.3 is 0 Å². The number of aromatic nitrogens is 1. The normalized spacial score (nSPS) is 12.6. The Balaban J connectivity index is 1.98. The van der Waals surface area contributed by atoms with Gasteiger partial charge in [0.05, 0.1) is 6.20 Å². The van der Waals surface area contributed by atoms with Crippen LogP contribution in [-0.2, 0) is 6.54 Å². The van der Waals surface area contributed by atoms with E-state index in [9.17, 15) is 0 Å². The van der Waals surface area contributed by atoms with E-state index in [1.165, 1.54) is 11.3 Å². The fraction of sp³-hybridized carbons (Fsp3) is 0.250. The van der Waals surface area contributed by atoms with E-state index in [2.05, 4.69) is 17.2 Å². The Hall–Kier alpha value is -0.610. The number of nitrogens with one attached hydrogen (secondary N) is 1. The van der Waals surface area contributed by atoms with Gasteiger partial charge in [0.1, 0.15) is 9.34 Å². The van der Waals surface area contributed by atoms with E-state index in [1.807, 2.05) is 24.3 Å². The monoisotopic (exact) mass is 286 g/mol. The van der Waals surface area contributed by atoms with Crippen LogP contribution in [0.4, 0.5) is 0 Å². The molecule has 0 fully saturated rings. The van der Waals surface area contributed by atoms with Crippen LogP contribution in [0.3, 0.4) is 0 Å². The molecular weight excluding hydrogens is 275 g/mol. The molecule has 1 atom stereocenters. The third kappa shape index (κ3) is 3.42. The topological polar surface area (TPSA) is 24.9 Å². The number of thiazole rings is 1. The standard InChI is InChI=1S/C12H12Cl2N2S/c1-8(9-4-2-3-5-10(9)13)15-7-12-16-6-11(14)17-12/h2-6,8,15H,7H2,1H3. The van der Waals surface area contributed by atoms with Crippen molar-refractivity contribution in [3.8, 4) is 0 Å². The van der Waals surface area contributed by atoms with Crippen molar-refractivity contribution in [2.24, 2.45) is 0 Å². The van der Waals surface area contributed by atoms with Crippen molar-refractivity contribution in [2.75, 3.05) is 0 Å². The molecule has 2 aromatic rings. The third-order valence-electron chi connectivity index (χ3n) is 2.46. The number of halogens is 2. The molecule has 0 aliphatic rings. The van der Waals surface area contributed by atoms with Gasteiger partial charge in [0.2, 0.25) is 0 Å². The number of rotatable bonds is 4. The van der Waals surface area contributed by atoms with Crippen molar-refractivity contribution >= 4 is 34.5 Å². The zero-order valence-corrected chi connectivity index (χ0v) is 11.6. The largest absolute Gasteiger partial charge is 0.304 e. The first kappa shape index (κ1) is 12.8. The highest BCUT2D eigenvalue weighted by Gasteiger charge is 2.09. The van der Waals surface area contributed by atoms with Gasteiger partial charge in [-0.15, -0.1) is 11.3 Å². The number of hydrogen-bond acceptors (Lipinski definition) is 3. The van der Waals surface area contributed by atoms with Crippen LogP contribution in [0.5, 0.6) is 0 Å². The maximum atomic E-state index is 6.13. The summed E-state index contributed by atoms with van der Waals surface area (Å²) in [6.45, 7) is 2.78. The van der Waals surface area contributed by atoms with Crippen LogP contribution in [0.15, 0.2) is 30.5 Å². The van der Waals surface area contributed by atoms with Crippen LogP contribution >= 0.6 is 34.5 Å².